The molecule has 120 valence electrons. The van der Waals surface area contributed by atoms with Gasteiger partial charge in [0, 0.05) is 5.56 Å². The summed E-state index contributed by atoms with van der Waals surface area (Å²) in [7, 11) is -4.19. The Balaban J connectivity index is 1.94. The molecule has 0 saturated carbocycles. The molecule has 0 spiro atoms. The van der Waals surface area contributed by atoms with Crippen LogP contribution in [-0.4, -0.2) is 26.8 Å². The second kappa shape index (κ2) is 7.06. The van der Waals surface area contributed by atoms with Gasteiger partial charge in [-0.1, -0.05) is 35.9 Å². The van der Waals surface area contributed by atoms with E-state index in [2.05, 4.69) is 9.50 Å². The summed E-state index contributed by atoms with van der Waals surface area (Å²) in [5.74, 6) is -1.55. The standard InChI is InChI=1S/C16H15NO5S/c1-12-7-9-14(10-8-12)23(20,21)22-15(18)11-17-16(19)13-5-3-2-4-6-13/h2-10H,11H2,1H3,(H,17,19). The van der Waals surface area contributed by atoms with Gasteiger partial charge in [-0.25, -0.2) is 4.79 Å². The lowest BCUT2D eigenvalue weighted by atomic mass is 10.2. The molecular formula is C16H15NO5S. The number of rotatable bonds is 5. The Kier molecular flexibility index (Phi) is 5.13. The lowest BCUT2D eigenvalue weighted by Crippen LogP contribution is -2.31. The Labute approximate surface area is 134 Å². The SMILES string of the molecule is Cc1ccc(S(=O)(=O)OC(=O)CNC(=O)c2ccccc2)cc1. The molecular weight excluding hydrogens is 318 g/mol. The fraction of sp³-hybridized carbons (Fsp3) is 0.125. The highest BCUT2D eigenvalue weighted by atomic mass is 32.2. The number of amides is 1. The topological polar surface area (TPSA) is 89.5 Å². The van der Waals surface area contributed by atoms with Crippen molar-refractivity contribution in [3.63, 3.8) is 0 Å². The molecule has 0 aliphatic heterocycles. The monoisotopic (exact) mass is 333 g/mol. The molecule has 2 rings (SSSR count). The molecule has 0 bridgehead atoms. The molecule has 0 aliphatic rings. The van der Waals surface area contributed by atoms with E-state index in [0.29, 0.717) is 5.56 Å². The minimum Gasteiger partial charge on any atom is -0.341 e. The number of hydrogen-bond acceptors (Lipinski definition) is 5. The molecule has 1 N–H and O–H groups in total. The summed E-state index contributed by atoms with van der Waals surface area (Å²) < 4.78 is 28.3. The molecule has 1 amide bonds. The smallest absolute Gasteiger partial charge is 0.341 e. The maximum atomic E-state index is 11.9. The second-order valence-corrected chi connectivity index (χ2v) is 6.32. The van der Waals surface area contributed by atoms with Gasteiger partial charge < -0.3 is 9.50 Å². The van der Waals surface area contributed by atoms with E-state index in [1.807, 2.05) is 6.92 Å². The van der Waals surface area contributed by atoms with Crippen molar-refractivity contribution in [3.05, 3.63) is 65.7 Å². The number of carbonyl (C=O) groups is 2. The van der Waals surface area contributed by atoms with Crippen molar-refractivity contribution in [2.24, 2.45) is 0 Å². The van der Waals surface area contributed by atoms with Gasteiger partial charge in [0.25, 0.3) is 5.91 Å². The Bertz CT molecular complexity index is 798. The zero-order valence-electron chi connectivity index (χ0n) is 12.4. The largest absolute Gasteiger partial charge is 0.341 e. The van der Waals surface area contributed by atoms with Gasteiger partial charge in [-0.2, -0.15) is 8.42 Å². The van der Waals surface area contributed by atoms with E-state index >= 15 is 0 Å². The minimum atomic E-state index is -4.19. The molecule has 0 heterocycles. The molecule has 6 nitrogen and oxygen atoms in total. The first-order valence-corrected chi connectivity index (χ1v) is 8.16. The summed E-state index contributed by atoms with van der Waals surface area (Å²) in [6, 6.07) is 14.1. The average molecular weight is 333 g/mol. The van der Waals surface area contributed by atoms with Gasteiger partial charge in [-0.15, -0.1) is 0 Å². The molecule has 2 aromatic rings. The Morgan fingerprint density at radius 3 is 2.22 bits per heavy atom. The average Bonchev–Trinajstić information content (AvgIpc) is 2.53. The van der Waals surface area contributed by atoms with Crippen LogP contribution in [0, 0.1) is 6.92 Å². The summed E-state index contributed by atoms with van der Waals surface area (Å²) in [5.41, 5.74) is 1.24. The molecule has 23 heavy (non-hydrogen) atoms. The zero-order valence-corrected chi connectivity index (χ0v) is 13.2. The van der Waals surface area contributed by atoms with Crippen LogP contribution in [0.3, 0.4) is 0 Å². The molecule has 0 aromatic heterocycles. The van der Waals surface area contributed by atoms with Gasteiger partial charge in [-0.3, -0.25) is 4.79 Å². The highest BCUT2D eigenvalue weighted by Crippen LogP contribution is 2.13. The molecule has 0 atom stereocenters. The number of aryl methyl sites for hydroxylation is 1. The van der Waals surface area contributed by atoms with Gasteiger partial charge in [0.05, 0.1) is 0 Å². The fourth-order valence-corrected chi connectivity index (χ4v) is 2.62. The summed E-state index contributed by atoms with van der Waals surface area (Å²) >= 11 is 0. The number of benzene rings is 2. The first-order chi connectivity index (χ1) is 10.9. The van der Waals surface area contributed by atoms with E-state index in [1.54, 1.807) is 42.5 Å². The maximum absolute atomic E-state index is 11.9. The highest BCUT2D eigenvalue weighted by molar-refractivity contribution is 7.87. The highest BCUT2D eigenvalue weighted by Gasteiger charge is 2.20. The molecule has 7 heteroatoms. The Hall–Kier alpha value is -2.67. The Morgan fingerprint density at radius 2 is 1.61 bits per heavy atom. The van der Waals surface area contributed by atoms with Crippen LogP contribution in [0.5, 0.6) is 0 Å². The van der Waals surface area contributed by atoms with Crippen molar-refractivity contribution in [2.75, 3.05) is 6.54 Å². The zero-order chi connectivity index (χ0) is 16.9. The van der Waals surface area contributed by atoms with Crippen molar-refractivity contribution in [1.82, 2.24) is 5.32 Å². The van der Waals surface area contributed by atoms with Crippen molar-refractivity contribution in [3.8, 4) is 0 Å². The van der Waals surface area contributed by atoms with E-state index in [4.69, 9.17) is 0 Å². The maximum Gasteiger partial charge on any atom is 0.341 e. The molecule has 0 aliphatic carbocycles. The molecule has 0 saturated heterocycles. The van der Waals surface area contributed by atoms with Crippen LogP contribution in [0.1, 0.15) is 15.9 Å². The summed E-state index contributed by atoms with van der Waals surface area (Å²) in [4.78, 5) is 23.3. The van der Waals surface area contributed by atoms with E-state index in [0.717, 1.165) is 5.56 Å². The van der Waals surface area contributed by atoms with Crippen LogP contribution in [0.15, 0.2) is 59.5 Å². The van der Waals surface area contributed by atoms with Crippen molar-refractivity contribution in [2.45, 2.75) is 11.8 Å². The van der Waals surface area contributed by atoms with E-state index < -0.39 is 28.5 Å². The van der Waals surface area contributed by atoms with Crippen LogP contribution < -0.4 is 5.32 Å². The van der Waals surface area contributed by atoms with Gasteiger partial charge in [0.2, 0.25) is 0 Å². The number of nitrogens with one attached hydrogen (secondary N) is 1. The van der Waals surface area contributed by atoms with Crippen molar-refractivity contribution in [1.29, 1.82) is 0 Å². The molecule has 0 fully saturated rings. The Morgan fingerprint density at radius 1 is 1.00 bits per heavy atom. The lowest BCUT2D eigenvalue weighted by molar-refractivity contribution is -0.132. The quantitative estimate of drug-likeness (QED) is 0.841. The summed E-state index contributed by atoms with van der Waals surface area (Å²) in [6.45, 7) is 1.26. The minimum absolute atomic E-state index is 0.120. The lowest BCUT2D eigenvalue weighted by Gasteiger charge is -2.07. The normalized spacial score (nSPS) is 10.8. The van der Waals surface area contributed by atoms with Gasteiger partial charge in [0.1, 0.15) is 11.4 Å². The summed E-state index contributed by atoms with van der Waals surface area (Å²) in [5, 5.41) is 2.30. The molecule has 2 aromatic carbocycles. The first-order valence-electron chi connectivity index (χ1n) is 6.76. The predicted molar refractivity (Wildman–Crippen MR) is 83.2 cm³/mol. The van der Waals surface area contributed by atoms with Crippen LogP contribution in [-0.2, 0) is 19.1 Å². The van der Waals surface area contributed by atoms with E-state index in [9.17, 15) is 18.0 Å². The molecule has 0 unspecified atom stereocenters. The van der Waals surface area contributed by atoms with Crippen LogP contribution in [0.25, 0.3) is 0 Å². The first kappa shape index (κ1) is 16.7. The third-order valence-electron chi connectivity index (χ3n) is 2.94. The fourth-order valence-electron chi connectivity index (χ4n) is 1.75. The van der Waals surface area contributed by atoms with Gasteiger partial charge in [-0.05, 0) is 31.2 Å². The van der Waals surface area contributed by atoms with E-state index in [1.165, 1.54) is 12.1 Å². The third-order valence-corrected chi connectivity index (χ3v) is 4.20. The third kappa shape index (κ3) is 4.65. The predicted octanol–water partition coefficient (Wildman–Crippen LogP) is 1.66. The van der Waals surface area contributed by atoms with Crippen LogP contribution >= 0.6 is 0 Å². The second-order valence-electron chi connectivity index (χ2n) is 4.77. The van der Waals surface area contributed by atoms with Crippen molar-refractivity contribution < 1.29 is 22.2 Å². The number of carbonyl (C=O) groups excluding carboxylic acids is 2. The summed E-state index contributed by atoms with van der Waals surface area (Å²) in [6.07, 6.45) is 0. The van der Waals surface area contributed by atoms with Crippen LogP contribution in [0.4, 0.5) is 0 Å². The molecule has 0 radical (unpaired) electrons. The van der Waals surface area contributed by atoms with Gasteiger partial charge in [0.15, 0.2) is 0 Å². The van der Waals surface area contributed by atoms with E-state index in [-0.39, 0.29) is 4.90 Å². The van der Waals surface area contributed by atoms with Gasteiger partial charge >= 0.3 is 16.1 Å². The number of hydrogen-bond donors (Lipinski definition) is 1. The van der Waals surface area contributed by atoms with Crippen LogP contribution in [0.2, 0.25) is 0 Å². The van der Waals surface area contributed by atoms with Crippen molar-refractivity contribution >= 4 is 22.0 Å².